The molecule has 0 saturated heterocycles. The average Bonchev–Trinajstić information content (AvgIpc) is 3.97. The fourth-order valence-electron chi connectivity index (χ4n) is 7.35. The lowest BCUT2D eigenvalue weighted by Crippen LogP contribution is -2.47. The van der Waals surface area contributed by atoms with Crippen molar-refractivity contribution in [1.82, 2.24) is 29.4 Å². The van der Waals surface area contributed by atoms with Crippen molar-refractivity contribution < 1.29 is 36.3 Å². The van der Waals surface area contributed by atoms with E-state index in [1.165, 1.54) is 24.3 Å². The molecule has 17 heteroatoms. The quantitative estimate of drug-likeness (QED) is 0.107. The van der Waals surface area contributed by atoms with Crippen LogP contribution in [0, 0.1) is 16.6 Å². The Morgan fingerprint density at radius 1 is 1.07 bits per heavy atom. The lowest BCUT2D eigenvalue weighted by molar-refractivity contribution is -0.153. The first-order valence-electron chi connectivity index (χ1n) is 17.9. The van der Waals surface area contributed by atoms with Gasteiger partial charge in [0.05, 0.1) is 29.7 Å². The first-order valence-corrected chi connectivity index (χ1v) is 18.2. The maximum Gasteiger partial charge on any atom is 0.335 e. The molecule has 1 amide bonds. The van der Waals surface area contributed by atoms with Gasteiger partial charge in [-0.2, -0.15) is 23.7 Å². The molecule has 2 aliphatic carbocycles. The Balaban J connectivity index is 1.28. The Hall–Kier alpha value is -4.86. The summed E-state index contributed by atoms with van der Waals surface area (Å²) in [6.07, 6.45) is 6.07. The van der Waals surface area contributed by atoms with Gasteiger partial charge in [0, 0.05) is 28.3 Å². The van der Waals surface area contributed by atoms with Crippen LogP contribution in [0.1, 0.15) is 96.0 Å². The number of carbonyl (C=O) groups is 2. The molecule has 2 fully saturated rings. The Bertz CT molecular complexity index is 2170. The summed E-state index contributed by atoms with van der Waals surface area (Å²) in [5, 5.41) is 7.97. The molecule has 55 heavy (non-hydrogen) atoms. The Labute approximate surface area is 318 Å². The van der Waals surface area contributed by atoms with E-state index in [1.807, 2.05) is 20.8 Å². The van der Waals surface area contributed by atoms with Crippen LogP contribution >= 0.6 is 11.6 Å². The molecule has 0 unspecified atom stereocenters. The Kier molecular flexibility index (Phi) is 9.58. The van der Waals surface area contributed by atoms with Gasteiger partial charge in [-0.15, -0.1) is 0 Å². The summed E-state index contributed by atoms with van der Waals surface area (Å²) in [5.74, 6) is -5.93. The largest absolute Gasteiger partial charge is 0.463 e. The molecule has 0 spiro atoms. The summed E-state index contributed by atoms with van der Waals surface area (Å²) in [5.41, 5.74) is 4.02. The molecule has 2 atom stereocenters. The third-order valence-electron chi connectivity index (χ3n) is 10.5. The van der Waals surface area contributed by atoms with Crippen LogP contribution < -0.4 is 5.73 Å². The van der Waals surface area contributed by atoms with Gasteiger partial charge in [-0.25, -0.2) is 23.1 Å². The number of esters is 1. The number of rotatable bonds is 13. The van der Waals surface area contributed by atoms with E-state index in [2.05, 4.69) is 15.2 Å². The summed E-state index contributed by atoms with van der Waals surface area (Å²) >= 11 is 6.47. The highest BCUT2D eigenvalue weighted by Crippen LogP contribution is 2.59. The van der Waals surface area contributed by atoms with Gasteiger partial charge >= 0.3 is 12.5 Å². The van der Waals surface area contributed by atoms with Crippen molar-refractivity contribution >= 4 is 29.4 Å². The van der Waals surface area contributed by atoms with Crippen molar-refractivity contribution in [3.63, 3.8) is 0 Å². The summed E-state index contributed by atoms with van der Waals surface area (Å²) in [4.78, 5) is 38.0. The lowest BCUT2D eigenvalue weighted by Gasteiger charge is -2.35. The van der Waals surface area contributed by atoms with Gasteiger partial charge in [-0.1, -0.05) is 50.6 Å². The number of hydrogen-bond donors (Lipinski definition) is 1. The van der Waals surface area contributed by atoms with Crippen LogP contribution in [0.5, 0.6) is 0 Å². The first kappa shape index (κ1) is 38.4. The highest BCUT2D eigenvalue weighted by atomic mass is 35.5. The summed E-state index contributed by atoms with van der Waals surface area (Å²) in [6, 6.07) is 7.70. The molecule has 2 N–H and O–H groups in total. The van der Waals surface area contributed by atoms with E-state index in [9.17, 15) is 22.4 Å². The van der Waals surface area contributed by atoms with Gasteiger partial charge in [0.15, 0.2) is 17.3 Å². The fourth-order valence-corrected chi connectivity index (χ4v) is 7.55. The number of carbonyl (C=O) groups excluding carboxylic acids is 2. The standard InChI is InChI=1S/C38H40ClF5N8O3/c1-35(2,3)19-38(23-6-9-25(28(40)14-23)22-16-47-50(17-22)24-7-8-24)32(54)51(34(45)49-38)29(18-55-30(53)15-37(11-12-37)36(4,43)44)21-5-10-27(39)26(13-21)31-46-20-48-52(31)33(41)42/h5-6,9-10,13-14,16-17,20,24,29,33H,7-8,11-12,15,18-19H2,1-4H3,(H2,45,49)/t29-,38-/m1/s1. The second-order valence-electron chi connectivity index (χ2n) is 16.0. The minimum atomic E-state index is -3.13. The monoisotopic (exact) mass is 786 g/mol. The van der Waals surface area contributed by atoms with Gasteiger partial charge in [-0.05, 0) is 73.8 Å². The summed E-state index contributed by atoms with van der Waals surface area (Å²) < 4.78 is 80.4. The van der Waals surface area contributed by atoms with Crippen molar-refractivity contribution in [3.8, 4) is 22.5 Å². The van der Waals surface area contributed by atoms with Crippen molar-refractivity contribution in [1.29, 1.82) is 0 Å². The third kappa shape index (κ3) is 7.32. The Morgan fingerprint density at radius 3 is 2.42 bits per heavy atom. The molecule has 3 heterocycles. The van der Waals surface area contributed by atoms with Crippen LogP contribution in [-0.4, -0.2) is 59.8 Å². The number of guanidine groups is 1. The number of nitrogens with two attached hydrogens (primary N) is 1. The second kappa shape index (κ2) is 13.7. The summed E-state index contributed by atoms with van der Waals surface area (Å²) in [6.45, 7) is 2.76. The molecular formula is C38H40ClF5N8O3. The molecule has 1 aliphatic heterocycles. The molecule has 2 aromatic carbocycles. The highest BCUT2D eigenvalue weighted by molar-refractivity contribution is 6.33. The van der Waals surface area contributed by atoms with Crippen LogP contribution in [0.15, 0.2) is 60.1 Å². The Morgan fingerprint density at radius 2 is 1.80 bits per heavy atom. The van der Waals surface area contributed by atoms with E-state index in [1.54, 1.807) is 29.2 Å². The number of amides is 1. The fraction of sp³-hybridized carbons (Fsp3) is 0.474. The number of aromatic nitrogens is 5. The number of benzene rings is 2. The van der Waals surface area contributed by atoms with E-state index in [4.69, 9.17) is 27.1 Å². The normalized spacial score (nSPS) is 20.2. The van der Waals surface area contributed by atoms with Crippen LogP contribution in [0.4, 0.5) is 22.0 Å². The van der Waals surface area contributed by atoms with Crippen molar-refractivity contribution in [2.45, 2.75) is 96.3 Å². The molecule has 11 nitrogen and oxygen atoms in total. The smallest absolute Gasteiger partial charge is 0.335 e. The van der Waals surface area contributed by atoms with E-state index >= 15 is 9.18 Å². The van der Waals surface area contributed by atoms with E-state index < -0.39 is 65.6 Å². The molecule has 2 saturated carbocycles. The molecule has 4 aromatic rings. The van der Waals surface area contributed by atoms with Crippen molar-refractivity contribution in [2.24, 2.45) is 21.6 Å². The van der Waals surface area contributed by atoms with Gasteiger partial charge in [-0.3, -0.25) is 19.2 Å². The van der Waals surface area contributed by atoms with Crippen LogP contribution in [0.25, 0.3) is 22.5 Å². The molecule has 0 bridgehead atoms. The van der Waals surface area contributed by atoms with E-state index in [-0.39, 0.29) is 58.3 Å². The van der Waals surface area contributed by atoms with Crippen LogP contribution in [0.2, 0.25) is 5.02 Å². The lowest BCUT2D eigenvalue weighted by atomic mass is 9.75. The number of hydrogen-bond acceptors (Lipinski definition) is 8. The number of halogens is 6. The SMILES string of the molecule is CC(C)(C)C[C@]1(c2ccc(-c3cnn(C4CC4)c3)c(F)c2)N=C(N)N([C@H](COC(=O)CC2(C(C)(F)F)CC2)c2ccc(Cl)c(-c3ncnn3C(F)F)c2)C1=O. The van der Waals surface area contributed by atoms with Crippen molar-refractivity contribution in [2.75, 3.05) is 6.61 Å². The molecule has 3 aliphatic rings. The van der Waals surface area contributed by atoms with Crippen LogP contribution in [0.3, 0.4) is 0 Å². The zero-order chi connectivity index (χ0) is 39.7. The first-order chi connectivity index (χ1) is 25.8. The number of nitrogens with zero attached hydrogens (tertiary/aromatic N) is 7. The topological polar surface area (TPSA) is 134 Å². The molecule has 292 valence electrons. The van der Waals surface area contributed by atoms with Gasteiger partial charge < -0.3 is 10.5 Å². The molecule has 7 rings (SSSR count). The van der Waals surface area contributed by atoms with Gasteiger partial charge in [0.1, 0.15) is 18.8 Å². The zero-order valence-electron chi connectivity index (χ0n) is 30.6. The van der Waals surface area contributed by atoms with E-state index in [0.29, 0.717) is 16.3 Å². The van der Waals surface area contributed by atoms with Gasteiger partial charge in [0.2, 0.25) is 0 Å². The second-order valence-corrected chi connectivity index (χ2v) is 16.4. The highest BCUT2D eigenvalue weighted by Gasteiger charge is 2.60. The number of alkyl halides is 4. The van der Waals surface area contributed by atoms with E-state index in [0.717, 1.165) is 31.0 Å². The predicted octanol–water partition coefficient (Wildman–Crippen LogP) is 8.23. The van der Waals surface area contributed by atoms with Gasteiger partial charge in [0.25, 0.3) is 11.8 Å². The van der Waals surface area contributed by atoms with Crippen molar-refractivity contribution in [3.05, 3.63) is 77.1 Å². The average molecular weight is 787 g/mol. The predicted molar refractivity (Wildman–Crippen MR) is 192 cm³/mol. The third-order valence-corrected chi connectivity index (χ3v) is 10.9. The number of aliphatic imine (C=N–C) groups is 1. The van der Waals surface area contributed by atoms with Crippen LogP contribution in [-0.2, 0) is 19.9 Å². The molecular weight excluding hydrogens is 747 g/mol. The molecule has 2 aromatic heterocycles. The summed E-state index contributed by atoms with van der Waals surface area (Å²) in [7, 11) is 0. The minimum Gasteiger partial charge on any atom is -0.463 e. The maximum atomic E-state index is 16.1. The number of ether oxygens (including phenoxy) is 1. The molecule has 0 radical (unpaired) electrons. The minimum absolute atomic E-state index is 0.0154. The zero-order valence-corrected chi connectivity index (χ0v) is 31.3. The maximum absolute atomic E-state index is 16.1.